The summed E-state index contributed by atoms with van der Waals surface area (Å²) in [5.74, 6) is 1.77. The fraction of sp³-hybridized carbons (Fsp3) is 0.358. The molecule has 92 heavy (non-hydrogen) atoms. The molecule has 0 saturated heterocycles. The third-order valence-corrected chi connectivity index (χ3v) is 21.0. The van der Waals surface area contributed by atoms with Crippen molar-refractivity contribution in [1.82, 2.24) is 39.9 Å². The Balaban J connectivity index is 0.00000433. The van der Waals surface area contributed by atoms with Gasteiger partial charge in [-0.15, -0.1) is 44.1 Å². The van der Waals surface area contributed by atoms with Gasteiger partial charge in [-0.3, -0.25) is 0 Å². The number of para-hydroxylation sites is 2. The quantitative estimate of drug-likeness (QED) is 0.118. The molecule has 0 saturated carbocycles. The first-order chi connectivity index (χ1) is 43.3. The summed E-state index contributed by atoms with van der Waals surface area (Å²) in [6.07, 6.45) is 7.88. The zero-order chi connectivity index (χ0) is 63.5. The van der Waals surface area contributed by atoms with Crippen LogP contribution in [0.1, 0.15) is 246 Å². The first-order valence-electron chi connectivity index (χ1n) is 33.3. The molecule has 6 aromatic heterocycles. The van der Waals surface area contributed by atoms with Crippen LogP contribution >= 0.6 is 0 Å². The molecule has 0 amide bonds. The van der Waals surface area contributed by atoms with E-state index >= 15 is 0 Å². The summed E-state index contributed by atoms with van der Waals surface area (Å²) in [6, 6.07) is 26.9. The molecule has 5 aliphatic heterocycles. The van der Waals surface area contributed by atoms with E-state index in [1.165, 1.54) is 89.1 Å². The third kappa shape index (κ3) is 10.5. The van der Waals surface area contributed by atoms with Crippen molar-refractivity contribution >= 4 is 88.7 Å². The largest absolute Gasteiger partial charge is 2.00 e. The minimum absolute atomic E-state index is 0. The standard InChI is InChI=1S/C81H86N8O.2Co/c1-19-51-41(9)63-35-71-55(23-5)45(13)75(86-71)59(76-46(14)56(24-6)72(87-76)36-64-42(10)52(20-2)68(83-64)39-67(51)82-63)33-49-29-27-31-61-79(49)90-80-50(30-28-32-62(80)81(61,17)18)34-60-77-47(15)57(25-7)73(88-77)37-65-43(11)53(21-3)69(84-65)40-70-54(22-4)44(12)66(85-70)38-74-58(26-8)48(16)78(60)89-74;;/h27-32,35-40H,19-26,33-34H2,1-18H3;;/q-4;2*+2. The van der Waals surface area contributed by atoms with E-state index in [9.17, 15) is 0 Å². The Morgan fingerprint density at radius 1 is 0.348 bits per heavy atom. The first kappa shape index (κ1) is 65.9. The Morgan fingerprint density at radius 3 is 1.02 bits per heavy atom. The van der Waals surface area contributed by atoms with Crippen LogP contribution in [0.15, 0.2) is 72.8 Å². The Hall–Kier alpha value is -7.55. The normalized spacial score (nSPS) is 14.2. The average Bonchev–Trinajstić information content (AvgIpc) is 1.09. The summed E-state index contributed by atoms with van der Waals surface area (Å²) in [5, 5.41) is 0. The van der Waals surface area contributed by atoms with Crippen molar-refractivity contribution < 1.29 is 38.3 Å². The molecule has 2 radical (unpaired) electrons. The van der Waals surface area contributed by atoms with Crippen LogP contribution in [0, 0.1) is 27.7 Å². The van der Waals surface area contributed by atoms with Gasteiger partial charge in [-0.1, -0.05) is 187 Å². The molecule has 2 aromatic carbocycles. The van der Waals surface area contributed by atoms with Crippen molar-refractivity contribution in [1.29, 1.82) is 0 Å². The number of fused-ring (bicyclic) bond motifs is 18. The summed E-state index contributed by atoms with van der Waals surface area (Å²) in [6.45, 7) is 40.5. The van der Waals surface area contributed by atoms with Gasteiger partial charge in [0.25, 0.3) is 0 Å². The van der Waals surface area contributed by atoms with Crippen LogP contribution in [0.5, 0.6) is 11.5 Å². The number of ether oxygens (including phenoxy) is 1. The van der Waals surface area contributed by atoms with E-state index in [4.69, 9.17) is 44.6 Å². The van der Waals surface area contributed by atoms with Gasteiger partial charge >= 0.3 is 33.6 Å². The predicted molar refractivity (Wildman–Crippen MR) is 376 cm³/mol. The molecule has 9 nitrogen and oxygen atoms in total. The van der Waals surface area contributed by atoms with Crippen LogP contribution in [0.3, 0.4) is 0 Å². The van der Waals surface area contributed by atoms with Crippen molar-refractivity contribution in [3.05, 3.63) is 196 Å². The fourth-order valence-electron chi connectivity index (χ4n) is 15.8. The molecule has 0 aliphatic carbocycles. The van der Waals surface area contributed by atoms with Gasteiger partial charge in [0.2, 0.25) is 0 Å². The third-order valence-electron chi connectivity index (χ3n) is 21.0. The van der Waals surface area contributed by atoms with Crippen molar-refractivity contribution in [2.24, 2.45) is 0 Å². The number of hydrogen-bond acceptors (Lipinski definition) is 5. The van der Waals surface area contributed by atoms with Gasteiger partial charge in [0.05, 0.1) is 45.6 Å². The maximum atomic E-state index is 7.72. The van der Waals surface area contributed by atoms with Crippen molar-refractivity contribution in [3.8, 4) is 11.5 Å². The van der Waals surface area contributed by atoms with Gasteiger partial charge in [-0.2, -0.15) is 0 Å². The Morgan fingerprint density at radius 2 is 0.663 bits per heavy atom. The zero-order valence-electron chi connectivity index (χ0n) is 57.2. The van der Waals surface area contributed by atoms with Crippen molar-refractivity contribution in [2.75, 3.05) is 0 Å². The number of allylic oxidation sites excluding steroid dienone is 8. The Bertz CT molecular complexity index is 4600. The zero-order valence-corrected chi connectivity index (χ0v) is 59.2. The first-order valence-corrected chi connectivity index (χ1v) is 33.3. The van der Waals surface area contributed by atoms with Crippen molar-refractivity contribution in [3.63, 3.8) is 0 Å². The Kier molecular flexibility index (Phi) is 18.2. The number of nitrogens with zero attached hydrogens (tertiary/aromatic N) is 8. The molecule has 11 heterocycles. The number of aromatic nitrogens is 8. The van der Waals surface area contributed by atoms with Crippen LogP contribution in [0.25, 0.3) is 88.7 Å². The topological polar surface area (TPSA) is 117 Å². The minimum atomic E-state index is -0.432. The Labute approximate surface area is 565 Å². The van der Waals surface area contributed by atoms with E-state index in [1.807, 2.05) is 0 Å². The van der Waals surface area contributed by atoms with Crippen LogP contribution in [0.4, 0.5) is 0 Å². The molecule has 5 aliphatic rings. The van der Waals surface area contributed by atoms with E-state index in [-0.39, 0.29) is 33.6 Å². The summed E-state index contributed by atoms with van der Waals surface area (Å²) in [5.41, 5.74) is 41.2. The van der Waals surface area contributed by atoms with E-state index in [0.717, 1.165) is 186 Å². The number of benzene rings is 2. The number of aryl methyl sites for hydroxylation is 8. The molecular weight excluding hydrogens is 1220 g/mol. The molecule has 13 rings (SSSR count). The maximum absolute atomic E-state index is 7.72. The van der Waals surface area contributed by atoms with E-state index in [0.29, 0.717) is 12.8 Å². The van der Waals surface area contributed by atoms with Crippen molar-refractivity contribution in [2.45, 2.75) is 194 Å². The van der Waals surface area contributed by atoms with Gasteiger partial charge in [0, 0.05) is 29.4 Å². The molecule has 16 bridgehead atoms. The second kappa shape index (κ2) is 25.4. The van der Waals surface area contributed by atoms with E-state index < -0.39 is 5.41 Å². The van der Waals surface area contributed by atoms with Crippen LogP contribution in [-0.4, -0.2) is 19.9 Å². The predicted octanol–water partition coefficient (Wildman–Crippen LogP) is 19.9. The molecular formula is C81H86Co2N8O. The van der Waals surface area contributed by atoms with Crippen LogP contribution < -0.4 is 24.7 Å². The van der Waals surface area contributed by atoms with E-state index in [1.54, 1.807) is 0 Å². The van der Waals surface area contributed by atoms with Gasteiger partial charge in [-0.25, -0.2) is 19.9 Å². The van der Waals surface area contributed by atoms with Gasteiger partial charge in [0.1, 0.15) is 11.5 Å². The number of rotatable bonds is 12. The maximum Gasteiger partial charge on any atom is 2.00 e. The van der Waals surface area contributed by atoms with Crippen LogP contribution in [0.2, 0.25) is 0 Å². The molecule has 0 N–H and O–H groups in total. The summed E-state index contributed by atoms with van der Waals surface area (Å²) < 4.78 is 7.72. The smallest absolute Gasteiger partial charge is 0.657 e. The van der Waals surface area contributed by atoms with E-state index in [2.05, 4.69) is 197 Å². The molecule has 0 atom stereocenters. The molecule has 474 valence electrons. The average molecular weight is 1310 g/mol. The second-order valence-corrected chi connectivity index (χ2v) is 26.1. The van der Waals surface area contributed by atoms with Crippen LogP contribution in [-0.2, 0) is 77.5 Å². The van der Waals surface area contributed by atoms with Gasteiger partial charge in [0.15, 0.2) is 0 Å². The minimum Gasteiger partial charge on any atom is -0.657 e. The summed E-state index contributed by atoms with van der Waals surface area (Å²) in [4.78, 5) is 44.4. The molecule has 0 fully saturated rings. The number of hydrogen-bond donors (Lipinski definition) is 0. The molecule has 0 spiro atoms. The summed E-state index contributed by atoms with van der Waals surface area (Å²) in [7, 11) is 0. The van der Waals surface area contributed by atoms with Gasteiger partial charge in [-0.05, 0) is 174 Å². The summed E-state index contributed by atoms with van der Waals surface area (Å²) >= 11 is 0. The second-order valence-electron chi connectivity index (χ2n) is 26.1. The molecule has 8 aromatic rings. The SMILES string of the molecule is CCC1=C(C)c2cc3[n-]c(c(C)c3CC)c(Cc3cccc4c3Oc3c(Cc5c6nc(cc7[n-]c(cc8nc(cc9[n-]c5c(C)c9CC)C(C)=C8CC)c(CC)c7C)C(CC)=C6C)cccc3C4(C)C)c3nc(cc4[n-]c(cc1n2)c(CC)c4C)C(CC)=C3C.[Co+2].[Co+2]. The molecule has 11 heteroatoms. The molecule has 0 unspecified atom stereocenters. The fourth-order valence-corrected chi connectivity index (χ4v) is 15.8. The monoisotopic (exact) mass is 1300 g/mol. The van der Waals surface area contributed by atoms with Gasteiger partial charge < -0.3 is 24.7 Å².